The Bertz CT molecular complexity index is 363. The Hall–Kier alpha value is -0.980. The average molecular weight is 259 g/mol. The van der Waals surface area contributed by atoms with Crippen LogP contribution in [0.4, 0.5) is 5.69 Å². The smallest absolute Gasteiger partial charge is 0.301 e. The predicted octanol–water partition coefficient (Wildman–Crippen LogP) is 2.63. The third kappa shape index (κ3) is 3.49. The largest absolute Gasteiger partial charge is 0.315 e. The molecule has 1 aromatic carbocycles. The van der Waals surface area contributed by atoms with Gasteiger partial charge in [0.1, 0.15) is 0 Å². The Morgan fingerprint density at radius 1 is 1.38 bits per heavy atom. The van der Waals surface area contributed by atoms with Crippen LogP contribution in [0.25, 0.3) is 0 Å². The van der Waals surface area contributed by atoms with E-state index in [4.69, 9.17) is 11.6 Å². The number of carbonyl (C=O) groups is 1. The summed E-state index contributed by atoms with van der Waals surface area (Å²) >= 11 is 8.49. The van der Waals surface area contributed by atoms with Gasteiger partial charge in [0.15, 0.2) is 0 Å². The highest BCUT2D eigenvalue weighted by Crippen LogP contribution is 2.12. The van der Waals surface area contributed by atoms with Gasteiger partial charge in [-0.3, -0.25) is 4.79 Å². The molecule has 0 unspecified atom stereocenters. The molecule has 13 heavy (non-hydrogen) atoms. The van der Waals surface area contributed by atoms with Gasteiger partial charge in [0.2, 0.25) is 0 Å². The van der Waals surface area contributed by atoms with E-state index in [2.05, 4.69) is 32.0 Å². The number of amides is 1. The number of carbonyl (C=O) groups excluding carboxylic acids is 1. The van der Waals surface area contributed by atoms with Crippen LogP contribution in [-0.2, 0) is 4.79 Å². The molecule has 0 saturated carbocycles. The molecule has 0 fully saturated rings. The van der Waals surface area contributed by atoms with Gasteiger partial charge >= 0.3 is 5.91 Å². The van der Waals surface area contributed by atoms with E-state index in [9.17, 15) is 4.79 Å². The first-order valence-corrected chi connectivity index (χ1v) is 4.57. The monoisotopic (exact) mass is 257 g/mol. The summed E-state index contributed by atoms with van der Waals surface area (Å²) in [5, 5.41) is 3.20. The van der Waals surface area contributed by atoms with Crippen molar-refractivity contribution in [1.29, 1.82) is 0 Å². The van der Waals surface area contributed by atoms with Gasteiger partial charge in [-0.15, -0.1) is 0 Å². The summed E-state index contributed by atoms with van der Waals surface area (Å²) < 4.78 is 0. The normalized spacial score (nSPS) is 8.46. The topological polar surface area (TPSA) is 29.1 Å². The number of nitrogens with one attached hydrogen (secondary N) is 1. The maximum absolute atomic E-state index is 10.9. The van der Waals surface area contributed by atoms with Gasteiger partial charge in [0.05, 0.1) is 0 Å². The van der Waals surface area contributed by atoms with Gasteiger partial charge < -0.3 is 5.32 Å². The highest BCUT2D eigenvalue weighted by atomic mass is 79.9. The van der Waals surface area contributed by atoms with Crippen molar-refractivity contribution in [3.8, 4) is 10.8 Å². The number of anilines is 1. The van der Waals surface area contributed by atoms with E-state index in [1.165, 1.54) is 0 Å². The fourth-order valence-electron chi connectivity index (χ4n) is 0.738. The van der Waals surface area contributed by atoms with Crippen molar-refractivity contribution in [2.24, 2.45) is 0 Å². The first kappa shape index (κ1) is 10.1. The summed E-state index contributed by atoms with van der Waals surface area (Å²) in [5.74, 6) is 1.93. The lowest BCUT2D eigenvalue weighted by Crippen LogP contribution is -2.07. The van der Waals surface area contributed by atoms with Crippen molar-refractivity contribution in [2.45, 2.75) is 0 Å². The average Bonchev–Trinajstić information content (AvgIpc) is 2.09. The lowest BCUT2D eigenvalue weighted by atomic mass is 10.3. The standard InChI is InChI=1S/C9H5BrClNO/c10-6-5-9(13)12-8-3-1-7(11)2-4-8/h1-4H,(H,12,13). The fraction of sp³-hybridized carbons (Fsp3) is 0. The third-order valence-electron chi connectivity index (χ3n) is 1.26. The SMILES string of the molecule is O=C(C#CBr)Nc1ccc(Cl)cc1. The van der Waals surface area contributed by atoms with Crippen molar-refractivity contribution in [2.75, 3.05) is 5.32 Å². The lowest BCUT2D eigenvalue weighted by Gasteiger charge is -1.99. The van der Waals surface area contributed by atoms with Crippen molar-refractivity contribution < 1.29 is 4.79 Å². The Morgan fingerprint density at radius 3 is 2.54 bits per heavy atom. The molecule has 0 saturated heterocycles. The summed E-state index contributed by atoms with van der Waals surface area (Å²) in [6, 6.07) is 6.80. The van der Waals surface area contributed by atoms with Crippen LogP contribution < -0.4 is 5.32 Å². The number of benzene rings is 1. The molecule has 1 N–H and O–H groups in total. The second-order valence-electron chi connectivity index (χ2n) is 2.18. The molecule has 0 bridgehead atoms. The zero-order valence-electron chi connectivity index (χ0n) is 6.47. The van der Waals surface area contributed by atoms with E-state index in [0.29, 0.717) is 10.7 Å². The maximum Gasteiger partial charge on any atom is 0.301 e. The second-order valence-corrected chi connectivity index (χ2v) is 3.01. The molecule has 1 aromatic rings. The van der Waals surface area contributed by atoms with Crippen LogP contribution in [0.15, 0.2) is 24.3 Å². The summed E-state index contributed by atoms with van der Waals surface area (Å²) in [6.45, 7) is 0. The van der Waals surface area contributed by atoms with E-state index in [1.54, 1.807) is 24.3 Å². The lowest BCUT2D eigenvalue weighted by molar-refractivity contribution is -0.111. The minimum Gasteiger partial charge on any atom is -0.315 e. The molecule has 4 heteroatoms. The molecule has 2 nitrogen and oxygen atoms in total. The summed E-state index contributed by atoms with van der Waals surface area (Å²) in [6.07, 6.45) is 0. The Balaban J connectivity index is 2.68. The first-order valence-electron chi connectivity index (χ1n) is 3.40. The van der Waals surface area contributed by atoms with E-state index in [0.717, 1.165) is 0 Å². The molecule has 66 valence electrons. The highest BCUT2D eigenvalue weighted by molar-refractivity contribution is 9.12. The number of hydrogen-bond donors (Lipinski definition) is 1. The van der Waals surface area contributed by atoms with Crippen LogP contribution in [0.2, 0.25) is 5.02 Å². The number of halogens is 2. The maximum atomic E-state index is 10.9. The van der Waals surface area contributed by atoms with E-state index in [-0.39, 0.29) is 5.91 Å². The minimum atomic E-state index is -0.362. The van der Waals surface area contributed by atoms with Crippen molar-refractivity contribution in [3.63, 3.8) is 0 Å². The van der Waals surface area contributed by atoms with E-state index in [1.807, 2.05) is 0 Å². The van der Waals surface area contributed by atoms with Crippen LogP contribution in [0, 0.1) is 10.8 Å². The van der Waals surface area contributed by atoms with Crippen molar-refractivity contribution in [3.05, 3.63) is 29.3 Å². The Labute approximate surface area is 89.4 Å². The molecule has 0 radical (unpaired) electrons. The summed E-state index contributed by atoms with van der Waals surface area (Å²) in [7, 11) is 0. The van der Waals surface area contributed by atoms with Gasteiger partial charge in [-0.2, -0.15) is 0 Å². The third-order valence-corrected chi connectivity index (χ3v) is 1.71. The molecule has 0 atom stereocenters. The molecule has 0 spiro atoms. The summed E-state index contributed by atoms with van der Waals surface area (Å²) in [4.78, 5) is 13.3. The van der Waals surface area contributed by atoms with E-state index < -0.39 is 0 Å². The molecular formula is C9H5BrClNO. The molecule has 1 rings (SSSR count). The zero-order chi connectivity index (χ0) is 9.68. The van der Waals surface area contributed by atoms with Crippen LogP contribution in [-0.4, -0.2) is 5.91 Å². The Morgan fingerprint density at radius 2 is 2.00 bits per heavy atom. The van der Waals surface area contributed by atoms with Crippen LogP contribution in [0.5, 0.6) is 0 Å². The first-order chi connectivity index (χ1) is 6.22. The molecule has 0 aliphatic carbocycles. The quantitative estimate of drug-likeness (QED) is 0.771. The molecule has 0 aromatic heterocycles. The van der Waals surface area contributed by atoms with Crippen LogP contribution in [0.3, 0.4) is 0 Å². The van der Waals surface area contributed by atoms with E-state index >= 15 is 0 Å². The van der Waals surface area contributed by atoms with Gasteiger partial charge in [-0.1, -0.05) is 11.6 Å². The van der Waals surface area contributed by atoms with Gasteiger partial charge in [-0.25, -0.2) is 0 Å². The molecule has 1 amide bonds. The van der Waals surface area contributed by atoms with Crippen LogP contribution in [0.1, 0.15) is 0 Å². The number of rotatable bonds is 1. The molecule has 0 aliphatic rings. The van der Waals surface area contributed by atoms with Gasteiger partial charge in [0.25, 0.3) is 0 Å². The minimum absolute atomic E-state index is 0.362. The Kier molecular flexibility index (Phi) is 3.81. The van der Waals surface area contributed by atoms with Crippen molar-refractivity contribution in [1.82, 2.24) is 0 Å². The number of hydrogen-bond acceptors (Lipinski definition) is 1. The molecule has 0 aliphatic heterocycles. The fourth-order valence-corrected chi connectivity index (χ4v) is 1.04. The van der Waals surface area contributed by atoms with Crippen molar-refractivity contribution >= 4 is 39.1 Å². The van der Waals surface area contributed by atoms with Gasteiger partial charge in [0, 0.05) is 32.6 Å². The van der Waals surface area contributed by atoms with Gasteiger partial charge in [-0.05, 0) is 29.1 Å². The zero-order valence-corrected chi connectivity index (χ0v) is 8.82. The molecular weight excluding hydrogens is 253 g/mol. The molecule has 0 heterocycles. The van der Waals surface area contributed by atoms with Crippen LogP contribution >= 0.6 is 27.5 Å². The summed E-state index contributed by atoms with van der Waals surface area (Å²) in [5.41, 5.74) is 0.671. The second kappa shape index (κ2) is 4.90. The highest BCUT2D eigenvalue weighted by Gasteiger charge is 1.96. The predicted molar refractivity (Wildman–Crippen MR) is 56.8 cm³/mol.